The lowest BCUT2D eigenvalue weighted by molar-refractivity contribution is -0.157. The van der Waals surface area contributed by atoms with E-state index >= 15 is 0 Å². The number of para-hydroxylation sites is 1. The molecular weight excluding hydrogens is 442 g/mol. The minimum absolute atomic E-state index is 0.00284. The summed E-state index contributed by atoms with van der Waals surface area (Å²) in [5.41, 5.74) is 0.572. The number of phenols is 2. The number of hydrogen-bond acceptors (Lipinski definition) is 8. The highest BCUT2D eigenvalue weighted by Gasteiger charge is 2.41. The van der Waals surface area contributed by atoms with Crippen LogP contribution in [0.25, 0.3) is 0 Å². The summed E-state index contributed by atoms with van der Waals surface area (Å²) >= 11 is 0. The molecule has 1 aliphatic rings. The van der Waals surface area contributed by atoms with Crippen LogP contribution in [0.15, 0.2) is 42.5 Å². The molecule has 0 bridgehead atoms. The van der Waals surface area contributed by atoms with Crippen molar-refractivity contribution in [2.24, 2.45) is 17.8 Å². The molecule has 0 amide bonds. The summed E-state index contributed by atoms with van der Waals surface area (Å²) in [7, 11) is 0. The van der Waals surface area contributed by atoms with Crippen LogP contribution >= 0.6 is 0 Å². The number of anilines is 1. The van der Waals surface area contributed by atoms with Crippen LogP contribution in [0.5, 0.6) is 11.5 Å². The fraction of sp³-hybridized carbons (Fsp3) is 0.400. The number of carboxylic acid groups (broad SMARTS) is 1. The standard InChI is InChI=1S/C25H29NO8/c1-12-20(29)11-21(30)34-24(15-8-16(27)10-17(28)9-15)14(3)22(13(2)23(12)31)26-19-7-5-4-6-18(19)25(32)33/h4-10,12-14,20,22,24,26-29H,11H2,1-3H3,(H,32,33)/t12-,13+,14+,20-,22-,24?/m0/s1. The first-order chi connectivity index (χ1) is 16.0. The second-order valence-electron chi connectivity index (χ2n) is 8.82. The second-order valence-corrected chi connectivity index (χ2v) is 8.82. The number of aromatic hydroxyl groups is 2. The van der Waals surface area contributed by atoms with Gasteiger partial charge in [0.1, 0.15) is 23.4 Å². The van der Waals surface area contributed by atoms with Crippen LogP contribution in [0.1, 0.15) is 49.2 Å². The van der Waals surface area contributed by atoms with Gasteiger partial charge in [0.05, 0.1) is 18.1 Å². The smallest absolute Gasteiger partial charge is 0.337 e. The molecule has 2 aromatic carbocycles. The first kappa shape index (κ1) is 25.0. The van der Waals surface area contributed by atoms with Crippen molar-refractivity contribution < 1.29 is 39.5 Å². The van der Waals surface area contributed by atoms with Crippen LogP contribution < -0.4 is 5.32 Å². The van der Waals surface area contributed by atoms with Gasteiger partial charge in [-0.15, -0.1) is 0 Å². The zero-order valence-electron chi connectivity index (χ0n) is 19.1. The number of benzene rings is 2. The van der Waals surface area contributed by atoms with Gasteiger partial charge >= 0.3 is 11.9 Å². The lowest BCUT2D eigenvalue weighted by Gasteiger charge is -2.38. The second kappa shape index (κ2) is 10.1. The van der Waals surface area contributed by atoms with Crippen LogP contribution in [-0.2, 0) is 14.3 Å². The van der Waals surface area contributed by atoms with Gasteiger partial charge in [0, 0.05) is 41.1 Å². The van der Waals surface area contributed by atoms with Crippen molar-refractivity contribution in [1.82, 2.24) is 0 Å². The number of cyclic esters (lactones) is 1. The van der Waals surface area contributed by atoms with Crippen molar-refractivity contribution in [1.29, 1.82) is 0 Å². The summed E-state index contributed by atoms with van der Waals surface area (Å²) in [5.74, 6) is -4.86. The third-order valence-corrected chi connectivity index (χ3v) is 6.42. The Morgan fingerprint density at radius 2 is 1.62 bits per heavy atom. The predicted molar refractivity (Wildman–Crippen MR) is 123 cm³/mol. The zero-order valence-corrected chi connectivity index (χ0v) is 19.1. The zero-order chi connectivity index (χ0) is 25.2. The highest BCUT2D eigenvalue weighted by molar-refractivity contribution is 5.94. The minimum atomic E-state index is -1.26. The quantitative estimate of drug-likeness (QED) is 0.423. The van der Waals surface area contributed by atoms with Crippen molar-refractivity contribution in [3.63, 3.8) is 0 Å². The number of aliphatic hydroxyl groups is 1. The summed E-state index contributed by atoms with van der Waals surface area (Å²) in [4.78, 5) is 37.6. The molecule has 9 heteroatoms. The third-order valence-electron chi connectivity index (χ3n) is 6.42. The van der Waals surface area contributed by atoms with Gasteiger partial charge in [0.2, 0.25) is 0 Å². The molecule has 0 aromatic heterocycles. The normalized spacial score (nSPS) is 28.1. The number of carbonyl (C=O) groups excluding carboxylic acids is 2. The van der Waals surface area contributed by atoms with Crippen molar-refractivity contribution in [3.8, 4) is 11.5 Å². The molecule has 182 valence electrons. The molecule has 0 radical (unpaired) electrons. The molecule has 34 heavy (non-hydrogen) atoms. The van der Waals surface area contributed by atoms with Gasteiger partial charge in [-0.3, -0.25) is 9.59 Å². The largest absolute Gasteiger partial charge is 0.508 e. The van der Waals surface area contributed by atoms with Crippen molar-refractivity contribution in [2.75, 3.05) is 5.32 Å². The summed E-state index contributed by atoms with van der Waals surface area (Å²) < 4.78 is 5.69. The van der Waals surface area contributed by atoms with E-state index < -0.39 is 54.4 Å². The first-order valence-corrected chi connectivity index (χ1v) is 11.0. The molecule has 1 unspecified atom stereocenters. The Bertz CT molecular complexity index is 1060. The molecule has 6 atom stereocenters. The fourth-order valence-electron chi connectivity index (χ4n) is 4.45. The number of carbonyl (C=O) groups is 3. The van der Waals surface area contributed by atoms with Gasteiger partial charge in [0.15, 0.2) is 0 Å². The summed E-state index contributed by atoms with van der Waals surface area (Å²) in [6.45, 7) is 4.94. The number of hydrogen-bond donors (Lipinski definition) is 5. The number of Topliss-reactive ketones (excluding diaryl/α,β-unsaturated/α-hetero) is 1. The van der Waals surface area contributed by atoms with Gasteiger partial charge in [0.25, 0.3) is 0 Å². The number of esters is 1. The maximum absolute atomic E-state index is 13.2. The lowest BCUT2D eigenvalue weighted by Crippen LogP contribution is -2.46. The van der Waals surface area contributed by atoms with E-state index in [0.29, 0.717) is 5.56 Å². The van der Waals surface area contributed by atoms with E-state index in [4.69, 9.17) is 4.74 Å². The first-order valence-electron chi connectivity index (χ1n) is 11.0. The van der Waals surface area contributed by atoms with E-state index in [2.05, 4.69) is 5.32 Å². The third kappa shape index (κ3) is 5.31. The van der Waals surface area contributed by atoms with Crippen molar-refractivity contribution in [2.45, 2.75) is 45.4 Å². The number of ether oxygens (including phenoxy) is 1. The highest BCUT2D eigenvalue weighted by atomic mass is 16.5. The SMILES string of the molecule is C[C@@H]1C(=O)[C@H](C)[C@H](Nc2ccccc2C(=O)O)[C@@H](C)C(c2cc(O)cc(O)c2)OC(=O)C[C@@H]1O. The molecule has 0 saturated carbocycles. The lowest BCUT2D eigenvalue weighted by atomic mass is 9.77. The van der Waals surface area contributed by atoms with Gasteiger partial charge in [-0.2, -0.15) is 0 Å². The van der Waals surface area contributed by atoms with E-state index in [9.17, 15) is 34.8 Å². The van der Waals surface area contributed by atoms with E-state index in [1.54, 1.807) is 32.0 Å². The number of aromatic carboxylic acids is 1. The Kier molecular flexibility index (Phi) is 7.46. The van der Waals surface area contributed by atoms with Crippen LogP contribution in [0.2, 0.25) is 0 Å². The number of carboxylic acids is 1. The summed E-state index contributed by atoms with van der Waals surface area (Å²) in [6.07, 6.45) is -2.68. The van der Waals surface area contributed by atoms with Crippen molar-refractivity contribution in [3.05, 3.63) is 53.6 Å². The summed E-state index contributed by atoms with van der Waals surface area (Å²) in [5, 5.41) is 43.2. The Hall–Kier alpha value is -3.59. The molecule has 9 nitrogen and oxygen atoms in total. The van der Waals surface area contributed by atoms with Crippen LogP contribution in [0, 0.1) is 17.8 Å². The topological polar surface area (TPSA) is 153 Å². The Morgan fingerprint density at radius 3 is 2.24 bits per heavy atom. The van der Waals surface area contributed by atoms with Gasteiger partial charge in [-0.05, 0) is 24.3 Å². The number of aliphatic hydroxyl groups excluding tert-OH is 1. The minimum Gasteiger partial charge on any atom is -0.508 e. The van der Waals surface area contributed by atoms with E-state index in [1.807, 2.05) is 0 Å². The number of ketones is 1. The number of nitrogens with one attached hydrogen (secondary N) is 1. The van der Waals surface area contributed by atoms with Crippen LogP contribution in [-0.4, -0.2) is 50.3 Å². The fourth-order valence-corrected chi connectivity index (χ4v) is 4.45. The molecule has 2 aromatic rings. The Balaban J connectivity index is 2.12. The summed E-state index contributed by atoms with van der Waals surface area (Å²) in [6, 6.07) is 9.32. The average Bonchev–Trinajstić information content (AvgIpc) is 2.78. The van der Waals surface area contributed by atoms with E-state index in [0.717, 1.165) is 6.07 Å². The van der Waals surface area contributed by atoms with Crippen LogP contribution in [0.4, 0.5) is 5.69 Å². The molecule has 5 N–H and O–H groups in total. The van der Waals surface area contributed by atoms with E-state index in [-0.39, 0.29) is 28.5 Å². The maximum Gasteiger partial charge on any atom is 0.337 e. The molecular formula is C25H29NO8. The molecule has 1 saturated heterocycles. The van der Waals surface area contributed by atoms with Gasteiger partial charge in [-0.25, -0.2) is 4.79 Å². The number of phenolic OH excluding ortho intramolecular Hbond substituents is 2. The Labute approximate surface area is 197 Å². The monoisotopic (exact) mass is 471 g/mol. The van der Waals surface area contributed by atoms with Gasteiger partial charge < -0.3 is 30.5 Å². The van der Waals surface area contributed by atoms with Crippen molar-refractivity contribution >= 4 is 23.4 Å². The highest BCUT2D eigenvalue weighted by Crippen LogP contribution is 2.38. The molecule has 1 aliphatic heterocycles. The maximum atomic E-state index is 13.2. The Morgan fingerprint density at radius 1 is 1.00 bits per heavy atom. The molecule has 0 aliphatic carbocycles. The van der Waals surface area contributed by atoms with E-state index in [1.165, 1.54) is 25.1 Å². The molecule has 1 fully saturated rings. The number of rotatable bonds is 4. The van der Waals surface area contributed by atoms with Gasteiger partial charge in [-0.1, -0.05) is 32.9 Å². The van der Waals surface area contributed by atoms with Crippen LogP contribution in [0.3, 0.4) is 0 Å². The predicted octanol–water partition coefficient (Wildman–Crippen LogP) is 3.10. The molecule has 1 heterocycles. The molecule has 3 rings (SSSR count). The molecule has 0 spiro atoms. The average molecular weight is 472 g/mol.